The van der Waals surface area contributed by atoms with Crippen LogP contribution in [-0.2, 0) is 20.7 Å². The fourth-order valence-corrected chi connectivity index (χ4v) is 3.44. The van der Waals surface area contributed by atoms with Gasteiger partial charge in [0.2, 0.25) is 0 Å². The molecule has 0 spiro atoms. The summed E-state index contributed by atoms with van der Waals surface area (Å²) >= 11 is 0. The number of carbonyl (C=O) groups is 1. The third-order valence-electron chi connectivity index (χ3n) is 4.85. The number of aromatic nitrogens is 4. The number of hydrogen-bond acceptors (Lipinski definition) is 7. The van der Waals surface area contributed by atoms with Gasteiger partial charge in [-0.1, -0.05) is 30.3 Å². The summed E-state index contributed by atoms with van der Waals surface area (Å²) in [5.74, 6) is 0.373. The van der Waals surface area contributed by atoms with Crippen LogP contribution in [-0.4, -0.2) is 44.4 Å². The van der Waals surface area contributed by atoms with Gasteiger partial charge in [-0.3, -0.25) is 9.36 Å². The number of aryl methyl sites for hydroxylation is 2. The van der Waals surface area contributed by atoms with Crippen LogP contribution in [0.4, 0.5) is 10.2 Å². The number of halogens is 1. The van der Waals surface area contributed by atoms with E-state index in [1.807, 2.05) is 30.3 Å². The second-order valence-corrected chi connectivity index (χ2v) is 7.05. The zero-order valence-electron chi connectivity index (χ0n) is 16.0. The van der Waals surface area contributed by atoms with Gasteiger partial charge in [-0.05, 0) is 18.9 Å². The molecule has 0 amide bonds. The van der Waals surface area contributed by atoms with Crippen LogP contribution in [0, 0.1) is 6.92 Å². The van der Waals surface area contributed by atoms with Gasteiger partial charge in [0.25, 0.3) is 0 Å². The summed E-state index contributed by atoms with van der Waals surface area (Å²) < 4.78 is 27.2. The third-order valence-corrected chi connectivity index (χ3v) is 4.85. The predicted octanol–water partition coefficient (Wildman–Crippen LogP) is 2.52. The zero-order chi connectivity index (χ0) is 20.4. The molecule has 9 heteroatoms. The van der Waals surface area contributed by atoms with Crippen molar-refractivity contribution in [2.75, 3.05) is 12.3 Å². The summed E-state index contributed by atoms with van der Waals surface area (Å²) in [5.41, 5.74) is 7.75. The highest BCUT2D eigenvalue weighted by Gasteiger charge is 2.38. The van der Waals surface area contributed by atoms with E-state index < -0.39 is 18.5 Å². The van der Waals surface area contributed by atoms with Gasteiger partial charge in [0.05, 0.1) is 12.4 Å². The number of esters is 1. The normalized spacial score (nSPS) is 21.5. The Kier molecular flexibility index (Phi) is 5.39. The largest absolute Gasteiger partial charge is 0.463 e. The monoisotopic (exact) mass is 399 g/mol. The van der Waals surface area contributed by atoms with Gasteiger partial charge in [0.15, 0.2) is 17.7 Å². The van der Waals surface area contributed by atoms with Crippen molar-refractivity contribution < 1.29 is 18.7 Å². The maximum atomic E-state index is 14.6. The van der Waals surface area contributed by atoms with Gasteiger partial charge in [-0.25, -0.2) is 19.3 Å². The number of anilines is 1. The summed E-state index contributed by atoms with van der Waals surface area (Å²) in [5, 5.41) is 0. The zero-order valence-corrected chi connectivity index (χ0v) is 16.0. The second kappa shape index (κ2) is 8.12. The fraction of sp³-hybridized carbons (Fsp3) is 0.400. The molecule has 2 aromatic heterocycles. The Morgan fingerprint density at radius 2 is 2.14 bits per heavy atom. The van der Waals surface area contributed by atoms with Crippen molar-refractivity contribution in [3.05, 3.63) is 48.0 Å². The smallest absolute Gasteiger partial charge is 0.306 e. The number of carbonyl (C=O) groups excluding carboxylic acids is 1. The molecule has 3 heterocycles. The Morgan fingerprint density at radius 3 is 2.93 bits per heavy atom. The Bertz CT molecular complexity index is 1010. The molecule has 1 saturated heterocycles. The quantitative estimate of drug-likeness (QED) is 0.635. The van der Waals surface area contributed by atoms with E-state index in [1.165, 1.54) is 10.9 Å². The van der Waals surface area contributed by atoms with E-state index in [4.69, 9.17) is 15.2 Å². The lowest BCUT2D eigenvalue weighted by Gasteiger charge is -2.16. The first-order valence-electron chi connectivity index (χ1n) is 9.47. The Balaban J connectivity index is 1.35. The van der Waals surface area contributed by atoms with Crippen LogP contribution >= 0.6 is 0 Å². The molecule has 1 aliphatic rings. The van der Waals surface area contributed by atoms with E-state index in [0.29, 0.717) is 23.4 Å². The molecule has 3 unspecified atom stereocenters. The molecule has 0 aliphatic carbocycles. The molecule has 2 N–H and O–H groups in total. The van der Waals surface area contributed by atoms with Crippen molar-refractivity contribution in [2.45, 2.75) is 44.7 Å². The number of nitrogen functional groups attached to an aromatic ring is 1. The summed E-state index contributed by atoms with van der Waals surface area (Å²) in [6.07, 6.45) is -0.287. The molecule has 0 radical (unpaired) electrons. The molecule has 4 rings (SSSR count). The van der Waals surface area contributed by atoms with Gasteiger partial charge >= 0.3 is 5.97 Å². The standard InChI is InChI=1S/C20H22FN5O3/c1-12-24-18(22)17-19(25-12)26(11-23-17)20-15(21)9-14(29-20)10-28-16(27)8-7-13-5-3-2-4-6-13/h2-6,11,14-15,20H,7-10H2,1H3,(H2,22,24,25). The van der Waals surface area contributed by atoms with E-state index in [-0.39, 0.29) is 31.2 Å². The Hall–Kier alpha value is -3.07. The number of fused-ring (bicyclic) bond motifs is 1. The average Bonchev–Trinajstić information content (AvgIpc) is 3.28. The van der Waals surface area contributed by atoms with E-state index >= 15 is 0 Å². The number of nitrogens with zero attached hydrogens (tertiary/aromatic N) is 4. The van der Waals surface area contributed by atoms with Crippen molar-refractivity contribution in [3.8, 4) is 0 Å². The molecule has 29 heavy (non-hydrogen) atoms. The molecule has 3 atom stereocenters. The average molecular weight is 399 g/mol. The highest BCUT2D eigenvalue weighted by atomic mass is 19.1. The first kappa shape index (κ1) is 19.3. The maximum Gasteiger partial charge on any atom is 0.306 e. The molecular weight excluding hydrogens is 377 g/mol. The number of ether oxygens (including phenoxy) is 2. The highest BCUT2D eigenvalue weighted by molar-refractivity contribution is 5.81. The molecule has 0 saturated carbocycles. The summed E-state index contributed by atoms with van der Waals surface area (Å²) in [6, 6.07) is 9.69. The van der Waals surface area contributed by atoms with E-state index in [9.17, 15) is 9.18 Å². The van der Waals surface area contributed by atoms with Crippen LogP contribution in [0.1, 0.15) is 30.5 Å². The number of imidazole rings is 1. The minimum Gasteiger partial charge on any atom is -0.463 e. The molecule has 3 aromatic rings. The summed E-state index contributed by atoms with van der Waals surface area (Å²) in [4.78, 5) is 24.5. The minimum atomic E-state index is -1.28. The molecule has 152 valence electrons. The third kappa shape index (κ3) is 4.19. The van der Waals surface area contributed by atoms with E-state index in [2.05, 4.69) is 15.0 Å². The number of hydrogen-bond donors (Lipinski definition) is 1. The topological polar surface area (TPSA) is 105 Å². The van der Waals surface area contributed by atoms with Gasteiger partial charge in [0.1, 0.15) is 24.1 Å². The maximum absolute atomic E-state index is 14.6. The van der Waals surface area contributed by atoms with Crippen molar-refractivity contribution in [2.24, 2.45) is 0 Å². The van der Waals surface area contributed by atoms with Crippen molar-refractivity contribution in [1.82, 2.24) is 19.5 Å². The van der Waals surface area contributed by atoms with Gasteiger partial charge in [0, 0.05) is 12.8 Å². The van der Waals surface area contributed by atoms with E-state index in [0.717, 1.165) is 5.56 Å². The lowest BCUT2D eigenvalue weighted by molar-refractivity contribution is -0.148. The predicted molar refractivity (Wildman–Crippen MR) is 104 cm³/mol. The highest BCUT2D eigenvalue weighted by Crippen LogP contribution is 2.33. The number of alkyl halides is 1. The Morgan fingerprint density at radius 1 is 1.34 bits per heavy atom. The van der Waals surface area contributed by atoms with Crippen molar-refractivity contribution in [3.63, 3.8) is 0 Å². The molecule has 1 aliphatic heterocycles. The first-order valence-corrected chi connectivity index (χ1v) is 9.47. The van der Waals surface area contributed by atoms with Gasteiger partial charge in [-0.2, -0.15) is 0 Å². The molecule has 8 nitrogen and oxygen atoms in total. The summed E-state index contributed by atoms with van der Waals surface area (Å²) in [6.45, 7) is 1.71. The molecule has 1 fully saturated rings. The van der Waals surface area contributed by atoms with Crippen LogP contribution in [0.5, 0.6) is 0 Å². The van der Waals surface area contributed by atoms with Crippen molar-refractivity contribution in [1.29, 1.82) is 0 Å². The number of benzene rings is 1. The van der Waals surface area contributed by atoms with Crippen LogP contribution in [0.15, 0.2) is 36.7 Å². The summed E-state index contributed by atoms with van der Waals surface area (Å²) in [7, 11) is 0. The second-order valence-electron chi connectivity index (χ2n) is 7.05. The van der Waals surface area contributed by atoms with Crippen LogP contribution in [0.2, 0.25) is 0 Å². The van der Waals surface area contributed by atoms with Crippen LogP contribution in [0.3, 0.4) is 0 Å². The molecule has 0 bridgehead atoms. The molecular formula is C20H22FN5O3. The lowest BCUT2D eigenvalue weighted by Crippen LogP contribution is -2.20. The van der Waals surface area contributed by atoms with Crippen molar-refractivity contribution >= 4 is 23.0 Å². The lowest BCUT2D eigenvalue weighted by atomic mass is 10.1. The number of rotatable bonds is 6. The Labute approximate surface area is 166 Å². The van der Waals surface area contributed by atoms with Gasteiger partial charge < -0.3 is 15.2 Å². The molecule has 1 aromatic carbocycles. The SMILES string of the molecule is Cc1nc(N)c2ncn(C3OC(COC(=O)CCc4ccccc4)CC3F)c2n1. The van der Waals surface area contributed by atoms with Crippen LogP contribution in [0.25, 0.3) is 11.2 Å². The fourth-order valence-electron chi connectivity index (χ4n) is 3.44. The first-order chi connectivity index (χ1) is 14.0. The van der Waals surface area contributed by atoms with Gasteiger partial charge in [-0.15, -0.1) is 0 Å². The van der Waals surface area contributed by atoms with E-state index in [1.54, 1.807) is 6.92 Å². The van der Waals surface area contributed by atoms with Crippen LogP contribution < -0.4 is 5.73 Å². The number of nitrogens with two attached hydrogens (primary N) is 1. The minimum absolute atomic E-state index is 0.00727.